The molecule has 0 saturated heterocycles. The minimum Gasteiger partial charge on any atom is -0.493 e. The first kappa shape index (κ1) is 26.4. The molecule has 37 heavy (non-hydrogen) atoms. The van der Waals surface area contributed by atoms with E-state index < -0.39 is 0 Å². The van der Waals surface area contributed by atoms with Crippen LogP contribution in [0, 0.1) is 5.41 Å². The fraction of sp³-hybridized carbons (Fsp3) is 0.333. The summed E-state index contributed by atoms with van der Waals surface area (Å²) >= 11 is 0. The standard InChI is InChI=1S/C33H38N2O2/c1-6-11-30-34-29(7-2)31(27-18-20-28(21-19-27)37-23-33(3,4)5)32(36)35(30)22-24-14-16-26(17-15-24)25-12-9-8-10-13-25/h8-10,12-21H,6-7,11,22-23H2,1-5H3. The van der Waals surface area contributed by atoms with E-state index >= 15 is 0 Å². The van der Waals surface area contributed by atoms with Gasteiger partial charge in [-0.05, 0) is 52.6 Å². The molecule has 0 amide bonds. The van der Waals surface area contributed by atoms with Gasteiger partial charge in [-0.1, -0.05) is 101 Å². The van der Waals surface area contributed by atoms with Crippen LogP contribution in [0.15, 0.2) is 83.7 Å². The minimum atomic E-state index is 0.0193. The zero-order valence-electron chi connectivity index (χ0n) is 22.8. The Bertz CT molecular complexity index is 1360. The van der Waals surface area contributed by atoms with Crippen LogP contribution in [0.25, 0.3) is 22.3 Å². The number of nitrogens with zero attached hydrogens (tertiary/aromatic N) is 2. The molecular formula is C33H38N2O2. The van der Waals surface area contributed by atoms with Crippen molar-refractivity contribution in [3.05, 3.63) is 106 Å². The average molecular weight is 495 g/mol. The summed E-state index contributed by atoms with van der Waals surface area (Å²) in [5, 5.41) is 0. The molecule has 0 radical (unpaired) electrons. The van der Waals surface area contributed by atoms with Gasteiger partial charge in [0.15, 0.2) is 0 Å². The Labute approximate surface area is 221 Å². The number of ether oxygens (including phenoxy) is 1. The van der Waals surface area contributed by atoms with E-state index in [4.69, 9.17) is 9.72 Å². The zero-order chi connectivity index (χ0) is 26.4. The Morgan fingerprint density at radius 1 is 0.811 bits per heavy atom. The van der Waals surface area contributed by atoms with E-state index in [0.29, 0.717) is 25.1 Å². The third kappa shape index (κ3) is 6.56. The number of hydrogen-bond donors (Lipinski definition) is 0. The molecule has 0 N–H and O–H groups in total. The predicted octanol–water partition coefficient (Wildman–Crippen LogP) is 7.57. The Hall–Kier alpha value is -3.66. The first-order chi connectivity index (χ1) is 17.8. The fourth-order valence-corrected chi connectivity index (χ4v) is 4.40. The molecule has 0 saturated carbocycles. The summed E-state index contributed by atoms with van der Waals surface area (Å²) in [6.07, 6.45) is 2.40. The lowest BCUT2D eigenvalue weighted by atomic mass is 9.98. The molecule has 0 aliphatic rings. The maximum atomic E-state index is 14.0. The van der Waals surface area contributed by atoms with Gasteiger partial charge in [0.1, 0.15) is 11.6 Å². The molecule has 0 aliphatic heterocycles. The van der Waals surface area contributed by atoms with E-state index in [1.54, 1.807) is 0 Å². The van der Waals surface area contributed by atoms with E-state index in [0.717, 1.165) is 41.2 Å². The van der Waals surface area contributed by atoms with Crippen molar-refractivity contribution < 1.29 is 4.74 Å². The van der Waals surface area contributed by atoms with Crippen molar-refractivity contribution in [2.45, 2.75) is 60.4 Å². The van der Waals surface area contributed by atoms with Crippen LogP contribution in [0.2, 0.25) is 0 Å². The Kier molecular flexibility index (Phi) is 8.27. The molecule has 192 valence electrons. The summed E-state index contributed by atoms with van der Waals surface area (Å²) in [5.74, 6) is 1.66. The van der Waals surface area contributed by atoms with Gasteiger partial charge in [-0.3, -0.25) is 9.36 Å². The molecule has 0 atom stereocenters. The highest BCUT2D eigenvalue weighted by Crippen LogP contribution is 2.25. The highest BCUT2D eigenvalue weighted by atomic mass is 16.5. The molecule has 3 aromatic carbocycles. The van der Waals surface area contributed by atoms with Gasteiger partial charge in [0.2, 0.25) is 0 Å². The third-order valence-electron chi connectivity index (χ3n) is 6.35. The van der Waals surface area contributed by atoms with Crippen molar-refractivity contribution in [3.8, 4) is 28.0 Å². The minimum absolute atomic E-state index is 0.0193. The lowest BCUT2D eigenvalue weighted by Gasteiger charge is -2.19. The second-order valence-corrected chi connectivity index (χ2v) is 10.8. The molecule has 0 unspecified atom stereocenters. The van der Waals surface area contributed by atoms with Gasteiger partial charge < -0.3 is 4.74 Å². The molecule has 1 aromatic heterocycles. The smallest absolute Gasteiger partial charge is 0.261 e. The van der Waals surface area contributed by atoms with Crippen molar-refractivity contribution in [2.24, 2.45) is 5.41 Å². The van der Waals surface area contributed by atoms with Crippen LogP contribution in [-0.4, -0.2) is 16.2 Å². The van der Waals surface area contributed by atoms with Gasteiger partial charge in [-0.15, -0.1) is 0 Å². The second-order valence-electron chi connectivity index (χ2n) is 10.8. The zero-order valence-corrected chi connectivity index (χ0v) is 22.8. The fourth-order valence-electron chi connectivity index (χ4n) is 4.40. The third-order valence-corrected chi connectivity index (χ3v) is 6.35. The predicted molar refractivity (Wildman–Crippen MR) is 153 cm³/mol. The van der Waals surface area contributed by atoms with Crippen LogP contribution in [0.1, 0.15) is 58.1 Å². The second kappa shape index (κ2) is 11.6. The van der Waals surface area contributed by atoms with Crippen LogP contribution in [-0.2, 0) is 19.4 Å². The summed E-state index contributed by atoms with van der Waals surface area (Å²) in [6, 6.07) is 26.7. The Morgan fingerprint density at radius 3 is 2.03 bits per heavy atom. The highest BCUT2D eigenvalue weighted by Gasteiger charge is 2.18. The lowest BCUT2D eigenvalue weighted by molar-refractivity contribution is 0.198. The summed E-state index contributed by atoms with van der Waals surface area (Å²) in [6.45, 7) is 11.8. The quantitative estimate of drug-likeness (QED) is 0.241. The molecule has 4 rings (SSSR count). The van der Waals surface area contributed by atoms with Gasteiger partial charge in [0, 0.05) is 6.42 Å². The molecule has 4 nitrogen and oxygen atoms in total. The largest absolute Gasteiger partial charge is 0.493 e. The van der Waals surface area contributed by atoms with E-state index in [2.05, 4.69) is 71.0 Å². The summed E-state index contributed by atoms with van der Waals surface area (Å²) in [7, 11) is 0. The molecule has 4 heteroatoms. The number of aromatic nitrogens is 2. The molecule has 0 bridgehead atoms. The highest BCUT2D eigenvalue weighted by molar-refractivity contribution is 5.66. The van der Waals surface area contributed by atoms with Crippen LogP contribution < -0.4 is 10.3 Å². The van der Waals surface area contributed by atoms with Gasteiger partial charge in [-0.25, -0.2) is 4.98 Å². The van der Waals surface area contributed by atoms with Crippen molar-refractivity contribution >= 4 is 0 Å². The van der Waals surface area contributed by atoms with E-state index in [-0.39, 0.29) is 11.0 Å². The average Bonchev–Trinajstić information content (AvgIpc) is 2.90. The van der Waals surface area contributed by atoms with Crippen molar-refractivity contribution in [2.75, 3.05) is 6.61 Å². The normalized spacial score (nSPS) is 11.5. The van der Waals surface area contributed by atoms with E-state index in [1.807, 2.05) is 47.0 Å². The summed E-state index contributed by atoms with van der Waals surface area (Å²) in [4.78, 5) is 19.0. The first-order valence-electron chi connectivity index (χ1n) is 13.3. The molecule has 1 heterocycles. The number of benzene rings is 3. The van der Waals surface area contributed by atoms with Gasteiger partial charge in [-0.2, -0.15) is 0 Å². The van der Waals surface area contributed by atoms with E-state index in [1.165, 1.54) is 11.1 Å². The maximum Gasteiger partial charge on any atom is 0.261 e. The Balaban J connectivity index is 1.68. The molecule has 4 aromatic rings. The number of hydrogen-bond acceptors (Lipinski definition) is 3. The topological polar surface area (TPSA) is 44.1 Å². The molecule has 0 fully saturated rings. The van der Waals surface area contributed by atoms with Gasteiger partial charge in [0.05, 0.1) is 24.4 Å². The molecule has 0 aliphatic carbocycles. The first-order valence-corrected chi connectivity index (χ1v) is 13.3. The van der Waals surface area contributed by atoms with Gasteiger partial charge in [0.25, 0.3) is 5.56 Å². The van der Waals surface area contributed by atoms with Crippen LogP contribution in [0.4, 0.5) is 0 Å². The Morgan fingerprint density at radius 2 is 1.43 bits per heavy atom. The van der Waals surface area contributed by atoms with Crippen LogP contribution in [0.5, 0.6) is 5.75 Å². The summed E-state index contributed by atoms with van der Waals surface area (Å²) < 4.78 is 7.81. The lowest BCUT2D eigenvalue weighted by Crippen LogP contribution is -2.29. The number of rotatable bonds is 9. The van der Waals surface area contributed by atoms with Crippen molar-refractivity contribution in [1.82, 2.24) is 9.55 Å². The van der Waals surface area contributed by atoms with Crippen LogP contribution in [0.3, 0.4) is 0 Å². The maximum absolute atomic E-state index is 14.0. The molecule has 0 spiro atoms. The van der Waals surface area contributed by atoms with Crippen molar-refractivity contribution in [3.63, 3.8) is 0 Å². The van der Waals surface area contributed by atoms with Crippen molar-refractivity contribution in [1.29, 1.82) is 0 Å². The van der Waals surface area contributed by atoms with E-state index in [9.17, 15) is 4.79 Å². The monoisotopic (exact) mass is 494 g/mol. The van der Waals surface area contributed by atoms with Crippen LogP contribution >= 0.6 is 0 Å². The SMILES string of the molecule is CCCc1nc(CC)c(-c2ccc(OCC(C)(C)C)cc2)c(=O)n1Cc1ccc(-c2ccccc2)cc1. The molecular weight excluding hydrogens is 456 g/mol. The van der Waals surface area contributed by atoms with Gasteiger partial charge >= 0.3 is 0 Å². The number of aryl methyl sites for hydroxylation is 2. The summed E-state index contributed by atoms with van der Waals surface area (Å²) in [5.41, 5.74) is 5.96.